The van der Waals surface area contributed by atoms with Crippen LogP contribution < -0.4 is 0 Å². The molecule has 0 atom stereocenters. The van der Waals surface area contributed by atoms with E-state index >= 15 is 0 Å². The van der Waals surface area contributed by atoms with Gasteiger partial charge in [-0.25, -0.2) is 0 Å². The van der Waals surface area contributed by atoms with Crippen LogP contribution in [-0.4, -0.2) is 34.4 Å². The maximum Gasteiger partial charge on any atom is 2.00 e. The molecule has 0 bridgehead atoms. The van der Waals surface area contributed by atoms with Crippen LogP contribution in [0.3, 0.4) is 0 Å². The zero-order valence-corrected chi connectivity index (χ0v) is 7.95. The molecule has 0 saturated carbocycles. The van der Waals surface area contributed by atoms with Crippen LogP contribution in [0.15, 0.2) is 0 Å². The summed E-state index contributed by atoms with van der Waals surface area (Å²) in [6, 6.07) is 0. The van der Waals surface area contributed by atoms with Gasteiger partial charge in [0, 0.05) is 0 Å². The fourth-order valence-corrected chi connectivity index (χ4v) is 0. The summed E-state index contributed by atoms with van der Waals surface area (Å²) in [4.78, 5) is 0. The average Bonchev–Trinajstić information content (AvgIpc) is 1.37. The third kappa shape index (κ3) is 49.4. The quantitative estimate of drug-likeness (QED) is 0.518. The van der Waals surface area contributed by atoms with Gasteiger partial charge < -0.3 is 21.2 Å². The Morgan fingerprint density at radius 3 is 1.00 bits per heavy atom. The van der Waals surface area contributed by atoms with Crippen LogP contribution in [0.5, 0.6) is 0 Å². The molecule has 0 aliphatic rings. The molecule has 7 heavy (non-hydrogen) atoms. The van der Waals surface area contributed by atoms with Gasteiger partial charge in [0.15, 0.2) is 0 Å². The maximum atomic E-state index is 7.62. The van der Waals surface area contributed by atoms with Gasteiger partial charge >= 0.3 is 27.3 Å². The normalized spacial score (nSPS) is 4.29. The molecule has 0 heterocycles. The minimum absolute atomic E-state index is 0. The van der Waals surface area contributed by atoms with E-state index in [0.29, 0.717) is 0 Å². The van der Waals surface area contributed by atoms with Crippen LogP contribution >= 0.6 is 0 Å². The molecular weight excluding hydrogens is 200 g/mol. The summed E-state index contributed by atoms with van der Waals surface area (Å²) in [5.41, 5.74) is 0. The molecule has 0 saturated heterocycles. The van der Waals surface area contributed by atoms with E-state index in [1.54, 1.807) is 0 Å². The number of hydrogen-bond donors (Lipinski definition) is 2. The summed E-state index contributed by atoms with van der Waals surface area (Å²) < 4.78 is 0. The smallest absolute Gasteiger partial charge is 0.870 e. The SMILES string of the molecule is OCCO.[Cd+2].[OH-].[OH-]. The first kappa shape index (κ1) is 25.1. The molecule has 5 heteroatoms. The molecule has 0 rings (SSSR count). The number of rotatable bonds is 1. The van der Waals surface area contributed by atoms with Gasteiger partial charge in [0.1, 0.15) is 0 Å². The van der Waals surface area contributed by atoms with E-state index in [4.69, 9.17) is 10.2 Å². The molecule has 0 aliphatic carbocycles. The molecule has 0 aromatic rings. The Bertz CT molecular complexity index is 11.7. The monoisotopic (exact) mass is 210 g/mol. The largest absolute Gasteiger partial charge is 2.00 e. The second-order valence-corrected chi connectivity index (χ2v) is 0.447. The van der Waals surface area contributed by atoms with Crippen molar-refractivity contribution in [1.29, 1.82) is 0 Å². The second kappa shape index (κ2) is 29.4. The Kier molecular flexibility index (Phi) is 105. The fraction of sp³-hybridized carbons (Fsp3) is 1.00. The van der Waals surface area contributed by atoms with Crippen molar-refractivity contribution < 1.29 is 48.5 Å². The molecule has 0 unspecified atom stereocenters. The molecule has 4 N–H and O–H groups in total. The minimum Gasteiger partial charge on any atom is -0.870 e. The molecule has 0 radical (unpaired) electrons. The van der Waals surface area contributed by atoms with Gasteiger partial charge in [-0.3, -0.25) is 0 Å². The predicted octanol–water partition coefficient (Wildman–Crippen LogP) is -1.39. The standard InChI is InChI=1S/C2H6O2.Cd.2H2O/c3-1-2-4;;;/h3-4H,1-2H2;;2*1H2/q;+2;;/p-2. The van der Waals surface area contributed by atoms with Crippen molar-refractivity contribution in [3.8, 4) is 0 Å². The van der Waals surface area contributed by atoms with Gasteiger partial charge in [-0.15, -0.1) is 0 Å². The summed E-state index contributed by atoms with van der Waals surface area (Å²) >= 11 is 0. The fourth-order valence-electron chi connectivity index (χ4n) is 0. The molecule has 4 nitrogen and oxygen atoms in total. The van der Waals surface area contributed by atoms with Crippen LogP contribution in [0, 0.1) is 0 Å². The molecule has 0 aromatic carbocycles. The van der Waals surface area contributed by atoms with Crippen molar-refractivity contribution in [1.82, 2.24) is 0 Å². The third-order valence-electron chi connectivity index (χ3n) is 0.1000. The first-order chi connectivity index (χ1) is 1.91. The minimum atomic E-state index is -0.125. The van der Waals surface area contributed by atoms with Gasteiger partial charge in [0.05, 0.1) is 13.2 Å². The summed E-state index contributed by atoms with van der Waals surface area (Å²) in [5, 5.41) is 15.2. The van der Waals surface area contributed by atoms with Crippen LogP contribution in [0.4, 0.5) is 0 Å². The van der Waals surface area contributed by atoms with Crippen molar-refractivity contribution >= 4 is 0 Å². The second-order valence-electron chi connectivity index (χ2n) is 0.447. The van der Waals surface area contributed by atoms with Crippen LogP contribution in [0.25, 0.3) is 0 Å². The molecule has 0 amide bonds. The van der Waals surface area contributed by atoms with Gasteiger partial charge in [-0.05, 0) is 0 Å². The zero-order valence-electron chi connectivity index (χ0n) is 3.91. The first-order valence-corrected chi connectivity index (χ1v) is 1.13. The Hall–Kier alpha value is 0.762. The van der Waals surface area contributed by atoms with E-state index in [0.717, 1.165) is 0 Å². The molecule has 0 fully saturated rings. The Morgan fingerprint density at radius 2 is 1.00 bits per heavy atom. The summed E-state index contributed by atoms with van der Waals surface area (Å²) in [6.45, 7) is -0.250. The van der Waals surface area contributed by atoms with Crippen molar-refractivity contribution in [2.45, 2.75) is 0 Å². The Balaban J connectivity index is -0.0000000150. The Labute approximate surface area is 61.9 Å². The average molecular weight is 208 g/mol. The topological polar surface area (TPSA) is 100 Å². The van der Waals surface area contributed by atoms with Gasteiger partial charge in [0.25, 0.3) is 0 Å². The molecule has 42 valence electrons. The van der Waals surface area contributed by atoms with Crippen molar-refractivity contribution in [2.24, 2.45) is 0 Å². The summed E-state index contributed by atoms with van der Waals surface area (Å²) in [5.74, 6) is 0. The molecule has 0 aliphatic heterocycles. The van der Waals surface area contributed by atoms with E-state index in [2.05, 4.69) is 0 Å². The molecule has 0 spiro atoms. The van der Waals surface area contributed by atoms with E-state index in [9.17, 15) is 0 Å². The summed E-state index contributed by atoms with van der Waals surface area (Å²) in [7, 11) is 0. The molecule has 0 aromatic heterocycles. The number of aliphatic hydroxyl groups excluding tert-OH is 2. The predicted molar refractivity (Wildman–Crippen MR) is 18.0 cm³/mol. The van der Waals surface area contributed by atoms with Gasteiger partial charge in [-0.2, -0.15) is 0 Å². The number of hydrogen-bond acceptors (Lipinski definition) is 4. The van der Waals surface area contributed by atoms with Crippen LogP contribution in [0.1, 0.15) is 0 Å². The van der Waals surface area contributed by atoms with Crippen molar-refractivity contribution in [3.63, 3.8) is 0 Å². The van der Waals surface area contributed by atoms with E-state index in [1.807, 2.05) is 0 Å². The van der Waals surface area contributed by atoms with E-state index in [1.165, 1.54) is 0 Å². The summed E-state index contributed by atoms with van der Waals surface area (Å²) in [6.07, 6.45) is 0. The van der Waals surface area contributed by atoms with Crippen molar-refractivity contribution in [2.75, 3.05) is 13.2 Å². The van der Waals surface area contributed by atoms with Gasteiger partial charge in [0.2, 0.25) is 0 Å². The van der Waals surface area contributed by atoms with E-state index < -0.39 is 0 Å². The maximum absolute atomic E-state index is 7.62. The van der Waals surface area contributed by atoms with Crippen LogP contribution in [0.2, 0.25) is 0 Å². The zero-order chi connectivity index (χ0) is 3.41. The van der Waals surface area contributed by atoms with Crippen molar-refractivity contribution in [3.05, 3.63) is 0 Å². The first-order valence-electron chi connectivity index (χ1n) is 1.13. The van der Waals surface area contributed by atoms with Gasteiger partial charge in [-0.1, -0.05) is 0 Å². The molecular formula is C2H8CdO4. The van der Waals surface area contributed by atoms with E-state index in [-0.39, 0.29) is 51.5 Å². The number of aliphatic hydroxyl groups is 2. The Morgan fingerprint density at radius 1 is 0.857 bits per heavy atom. The van der Waals surface area contributed by atoms with Crippen LogP contribution in [-0.2, 0) is 27.3 Å². The third-order valence-corrected chi connectivity index (χ3v) is 0.1000.